The Balaban J connectivity index is 1.13. The number of nitrogens with one attached hydrogen (secondary N) is 2. The summed E-state index contributed by atoms with van der Waals surface area (Å²) in [4.78, 5) is 0.358. The van der Waals surface area contributed by atoms with Crippen molar-refractivity contribution in [3.05, 3.63) is 83.9 Å². The second kappa shape index (κ2) is 13.1. The van der Waals surface area contributed by atoms with E-state index in [9.17, 15) is 18.6 Å². The summed E-state index contributed by atoms with van der Waals surface area (Å²) in [5.41, 5.74) is 3.27. The maximum Gasteiger partial charge on any atom is 0.243 e. The number of piperidine rings is 1. The van der Waals surface area contributed by atoms with Gasteiger partial charge in [-0.15, -0.1) is 0 Å². The summed E-state index contributed by atoms with van der Waals surface area (Å²) in [6, 6.07) is 22.0. The van der Waals surface area contributed by atoms with Gasteiger partial charge in [-0.2, -0.15) is 4.31 Å². The molecule has 0 spiro atoms. The number of aromatic hydroxyl groups is 1. The zero-order valence-electron chi connectivity index (χ0n) is 21.7. The van der Waals surface area contributed by atoms with Gasteiger partial charge in [0.1, 0.15) is 24.2 Å². The summed E-state index contributed by atoms with van der Waals surface area (Å²) in [5, 5.41) is 26.2. The molecule has 1 fully saturated rings. The number of aryl methyl sites for hydroxylation is 1. The van der Waals surface area contributed by atoms with Crippen LogP contribution in [-0.2, 0) is 16.4 Å². The fraction of sp³-hybridized carbons (Fsp3) is 0.379. The van der Waals surface area contributed by atoms with Gasteiger partial charge in [-0.05, 0) is 86.8 Å². The molecule has 1 aliphatic rings. The summed E-state index contributed by atoms with van der Waals surface area (Å²) >= 11 is 0. The molecule has 0 aromatic heterocycles. The number of aliphatic hydroxyl groups is 1. The molecular formula is C29H37N3O5S. The van der Waals surface area contributed by atoms with E-state index < -0.39 is 16.1 Å². The van der Waals surface area contributed by atoms with E-state index in [-0.39, 0.29) is 18.4 Å². The molecule has 4 N–H and O–H groups in total. The second-order valence-corrected chi connectivity index (χ2v) is 11.7. The largest absolute Gasteiger partial charge is 0.508 e. The van der Waals surface area contributed by atoms with Crippen LogP contribution in [0.3, 0.4) is 0 Å². The molecule has 0 radical (unpaired) electrons. The first-order valence-electron chi connectivity index (χ1n) is 13.0. The Labute approximate surface area is 225 Å². The second-order valence-electron chi connectivity index (χ2n) is 9.75. The topological polar surface area (TPSA) is 111 Å². The van der Waals surface area contributed by atoms with Gasteiger partial charge in [0.05, 0.1) is 4.90 Å². The Kier molecular flexibility index (Phi) is 9.63. The number of phenols is 1. The number of anilines is 1. The number of sulfonamides is 1. The molecule has 1 unspecified atom stereocenters. The minimum absolute atomic E-state index is 0.176. The van der Waals surface area contributed by atoms with Gasteiger partial charge in [0.25, 0.3) is 0 Å². The lowest BCUT2D eigenvalue weighted by Gasteiger charge is -2.32. The summed E-state index contributed by atoms with van der Waals surface area (Å²) in [6.07, 6.45) is 1.72. The van der Waals surface area contributed by atoms with Gasteiger partial charge < -0.3 is 25.6 Å². The minimum atomic E-state index is -3.45. The number of hydrogen-bond donors (Lipinski definition) is 4. The number of benzene rings is 3. The lowest BCUT2D eigenvalue weighted by Crippen LogP contribution is -2.42. The molecule has 1 aliphatic heterocycles. The smallest absolute Gasteiger partial charge is 0.243 e. The first-order chi connectivity index (χ1) is 18.3. The monoisotopic (exact) mass is 539 g/mol. The van der Waals surface area contributed by atoms with Crippen molar-refractivity contribution in [2.24, 2.45) is 0 Å². The highest BCUT2D eigenvalue weighted by Gasteiger charge is 2.29. The van der Waals surface area contributed by atoms with Crippen LogP contribution in [0.25, 0.3) is 0 Å². The molecule has 8 nitrogen and oxygen atoms in total. The third-order valence-corrected chi connectivity index (χ3v) is 8.60. The molecule has 204 valence electrons. The Morgan fingerprint density at radius 2 is 1.63 bits per heavy atom. The molecule has 1 atom stereocenters. The van der Waals surface area contributed by atoms with E-state index >= 15 is 0 Å². The lowest BCUT2D eigenvalue weighted by molar-refractivity contribution is 0.106. The van der Waals surface area contributed by atoms with E-state index in [1.807, 2.05) is 19.1 Å². The van der Waals surface area contributed by atoms with Crippen LogP contribution in [0.1, 0.15) is 24.0 Å². The average molecular weight is 540 g/mol. The Morgan fingerprint density at radius 1 is 0.974 bits per heavy atom. The van der Waals surface area contributed by atoms with Crippen LogP contribution in [0, 0.1) is 6.92 Å². The van der Waals surface area contributed by atoms with Crippen LogP contribution < -0.4 is 15.4 Å². The maximum atomic E-state index is 12.9. The van der Waals surface area contributed by atoms with Crippen LogP contribution in [0.2, 0.25) is 0 Å². The third-order valence-electron chi connectivity index (χ3n) is 6.69. The Morgan fingerprint density at radius 3 is 2.29 bits per heavy atom. The van der Waals surface area contributed by atoms with E-state index in [1.165, 1.54) is 5.56 Å². The van der Waals surface area contributed by atoms with Crippen LogP contribution >= 0.6 is 0 Å². The van der Waals surface area contributed by atoms with Gasteiger partial charge in [-0.1, -0.05) is 29.8 Å². The molecule has 3 aromatic rings. The molecule has 0 amide bonds. The van der Waals surface area contributed by atoms with E-state index in [0.29, 0.717) is 30.3 Å². The van der Waals surface area contributed by atoms with Gasteiger partial charge in [-0.25, -0.2) is 8.42 Å². The zero-order valence-corrected chi connectivity index (χ0v) is 22.5. The Hall–Kier alpha value is -3.11. The Bertz CT molecular complexity index is 1240. The first-order valence-corrected chi connectivity index (χ1v) is 14.5. The molecule has 1 heterocycles. The van der Waals surface area contributed by atoms with Crippen molar-refractivity contribution < 1.29 is 23.4 Å². The molecule has 1 saturated heterocycles. The molecule has 0 aliphatic carbocycles. The molecule has 4 rings (SSSR count). The predicted molar refractivity (Wildman–Crippen MR) is 149 cm³/mol. The maximum absolute atomic E-state index is 12.9. The number of nitrogens with zero attached hydrogens (tertiary/aromatic N) is 1. The van der Waals surface area contributed by atoms with Gasteiger partial charge in [-0.3, -0.25) is 0 Å². The van der Waals surface area contributed by atoms with Gasteiger partial charge in [0.15, 0.2) is 0 Å². The highest BCUT2D eigenvalue weighted by atomic mass is 32.2. The summed E-state index contributed by atoms with van der Waals surface area (Å²) in [7, 11) is -3.45. The fourth-order valence-electron chi connectivity index (χ4n) is 4.40. The molecule has 0 bridgehead atoms. The lowest BCUT2D eigenvalue weighted by atomic mass is 10.1. The van der Waals surface area contributed by atoms with E-state index in [0.717, 1.165) is 37.1 Å². The van der Waals surface area contributed by atoms with Gasteiger partial charge in [0.2, 0.25) is 10.0 Å². The van der Waals surface area contributed by atoms with Crippen molar-refractivity contribution in [3.8, 4) is 11.5 Å². The van der Waals surface area contributed by atoms with E-state index in [1.54, 1.807) is 40.7 Å². The standard InChI is InChI=1S/C29H37N3O5S/c1-22-2-12-29(13-3-22)38(35,36)32-18-15-25(16-19-32)31-24-6-4-23(5-7-24)14-17-30-20-27(34)21-37-28-10-8-26(33)9-11-28/h2-13,25,27,30-31,33-34H,14-21H2,1H3. The van der Waals surface area contributed by atoms with Crippen LogP contribution in [-0.4, -0.2) is 67.9 Å². The van der Waals surface area contributed by atoms with Crippen LogP contribution in [0.15, 0.2) is 77.7 Å². The highest BCUT2D eigenvalue weighted by molar-refractivity contribution is 7.89. The zero-order chi connectivity index (χ0) is 27.0. The quantitative estimate of drug-likeness (QED) is 0.261. The number of aliphatic hydroxyl groups excluding tert-OH is 1. The number of rotatable bonds is 12. The minimum Gasteiger partial charge on any atom is -0.508 e. The number of ether oxygens (including phenoxy) is 1. The normalized spacial score (nSPS) is 15.7. The van der Waals surface area contributed by atoms with Crippen molar-refractivity contribution in [1.82, 2.24) is 9.62 Å². The predicted octanol–water partition coefficient (Wildman–Crippen LogP) is 3.54. The molecular weight excluding hydrogens is 502 g/mol. The SMILES string of the molecule is Cc1ccc(S(=O)(=O)N2CCC(Nc3ccc(CCNCC(O)COc4ccc(O)cc4)cc3)CC2)cc1. The molecule has 0 saturated carbocycles. The van der Waals surface area contributed by atoms with Crippen molar-refractivity contribution in [2.45, 2.75) is 43.2 Å². The van der Waals surface area contributed by atoms with Crippen molar-refractivity contribution in [1.29, 1.82) is 0 Å². The average Bonchev–Trinajstić information content (AvgIpc) is 2.92. The van der Waals surface area contributed by atoms with Crippen molar-refractivity contribution >= 4 is 15.7 Å². The summed E-state index contributed by atoms with van der Waals surface area (Å²) in [6.45, 7) is 4.29. The first kappa shape index (κ1) is 27.9. The van der Waals surface area contributed by atoms with Crippen LogP contribution in [0.4, 0.5) is 5.69 Å². The number of phenolic OH excluding ortho intramolecular Hbond substituents is 1. The molecule has 38 heavy (non-hydrogen) atoms. The van der Waals surface area contributed by atoms with E-state index in [4.69, 9.17) is 4.74 Å². The third kappa shape index (κ3) is 7.94. The summed E-state index contributed by atoms with van der Waals surface area (Å²) < 4.78 is 32.9. The van der Waals surface area contributed by atoms with E-state index in [2.05, 4.69) is 34.9 Å². The fourth-order valence-corrected chi connectivity index (χ4v) is 5.87. The molecule has 3 aromatic carbocycles. The van der Waals surface area contributed by atoms with Crippen LogP contribution in [0.5, 0.6) is 11.5 Å². The van der Waals surface area contributed by atoms with Crippen molar-refractivity contribution in [3.63, 3.8) is 0 Å². The highest BCUT2D eigenvalue weighted by Crippen LogP contribution is 2.23. The molecule has 9 heteroatoms. The summed E-state index contributed by atoms with van der Waals surface area (Å²) in [5.74, 6) is 0.782. The number of hydrogen-bond acceptors (Lipinski definition) is 7. The van der Waals surface area contributed by atoms with Crippen molar-refractivity contribution in [2.75, 3.05) is 38.1 Å². The van der Waals surface area contributed by atoms with Gasteiger partial charge >= 0.3 is 0 Å². The van der Waals surface area contributed by atoms with Gasteiger partial charge in [0, 0.05) is 31.4 Å².